The molecule has 2 heterocycles. The van der Waals surface area contributed by atoms with Crippen LogP contribution in [0.5, 0.6) is 0 Å². The highest BCUT2D eigenvalue weighted by atomic mass is 16.6. The van der Waals surface area contributed by atoms with Gasteiger partial charge in [0.05, 0.1) is 23.4 Å². The largest absolute Gasteiger partial charge is 0.320 e. The zero-order valence-electron chi connectivity index (χ0n) is 15.6. The van der Waals surface area contributed by atoms with Crippen molar-refractivity contribution in [3.63, 3.8) is 0 Å². The number of benzene rings is 2. The second-order valence-corrected chi connectivity index (χ2v) is 6.47. The second-order valence-electron chi connectivity index (χ2n) is 6.47. The Kier molecular flexibility index (Phi) is 4.78. The molecule has 0 spiro atoms. The summed E-state index contributed by atoms with van der Waals surface area (Å²) in [4.78, 5) is 23.2. The minimum Gasteiger partial charge on any atom is -0.318 e. The molecular weight excluding hydrogens is 372 g/mol. The number of nitro groups is 1. The van der Waals surface area contributed by atoms with Crippen LogP contribution in [-0.2, 0) is 13.1 Å². The Balaban J connectivity index is 1.55. The minimum absolute atomic E-state index is 0.0840. The van der Waals surface area contributed by atoms with Crippen LogP contribution in [0.3, 0.4) is 0 Å². The predicted octanol–water partition coefficient (Wildman–Crippen LogP) is 3.46. The maximum Gasteiger partial charge on any atom is 0.320 e. The number of aromatic nitrogens is 4. The van der Waals surface area contributed by atoms with Crippen molar-refractivity contribution in [2.75, 3.05) is 5.32 Å². The molecule has 2 aromatic heterocycles. The number of aryl methyl sites for hydroxylation is 1. The Bertz CT molecular complexity index is 1200. The highest BCUT2D eigenvalue weighted by Crippen LogP contribution is 2.21. The molecule has 0 saturated carbocycles. The highest BCUT2D eigenvalue weighted by molar-refractivity contribution is 6.05. The summed E-state index contributed by atoms with van der Waals surface area (Å²) < 4.78 is 3.01. The molecule has 4 rings (SSSR count). The normalized spacial score (nSPS) is 10.9. The molecule has 29 heavy (non-hydrogen) atoms. The van der Waals surface area contributed by atoms with Gasteiger partial charge >= 0.3 is 5.69 Å². The lowest BCUT2D eigenvalue weighted by atomic mass is 10.0. The zero-order chi connectivity index (χ0) is 20.4. The van der Waals surface area contributed by atoms with Gasteiger partial charge in [0.2, 0.25) is 5.69 Å². The van der Waals surface area contributed by atoms with Crippen LogP contribution in [0, 0.1) is 10.1 Å². The van der Waals surface area contributed by atoms with E-state index in [1.165, 1.54) is 10.9 Å². The first-order chi connectivity index (χ1) is 14.1. The first kappa shape index (κ1) is 18.4. The summed E-state index contributed by atoms with van der Waals surface area (Å²) in [5.41, 5.74) is 1.14. The van der Waals surface area contributed by atoms with Gasteiger partial charge in [-0.25, -0.2) is 0 Å². The van der Waals surface area contributed by atoms with Crippen LogP contribution in [0.1, 0.15) is 23.0 Å². The highest BCUT2D eigenvalue weighted by Gasteiger charge is 2.26. The molecule has 146 valence electrons. The average molecular weight is 390 g/mol. The molecule has 0 saturated heterocycles. The average Bonchev–Trinajstić information content (AvgIpc) is 3.35. The number of carbonyl (C=O) groups is 1. The van der Waals surface area contributed by atoms with Gasteiger partial charge in [-0.05, 0) is 23.3 Å². The van der Waals surface area contributed by atoms with Crippen LogP contribution in [0.4, 0.5) is 11.4 Å². The van der Waals surface area contributed by atoms with E-state index in [-0.39, 0.29) is 11.4 Å². The monoisotopic (exact) mass is 390 g/mol. The molecule has 9 heteroatoms. The number of amides is 1. The van der Waals surface area contributed by atoms with Gasteiger partial charge < -0.3 is 5.32 Å². The van der Waals surface area contributed by atoms with Gasteiger partial charge in [-0.15, -0.1) is 0 Å². The van der Waals surface area contributed by atoms with E-state index in [0.29, 0.717) is 18.8 Å². The molecule has 9 nitrogen and oxygen atoms in total. The van der Waals surface area contributed by atoms with Gasteiger partial charge in [-0.1, -0.05) is 42.5 Å². The van der Waals surface area contributed by atoms with Crippen LogP contribution in [0.15, 0.2) is 61.1 Å². The van der Waals surface area contributed by atoms with E-state index in [1.807, 2.05) is 24.3 Å². The summed E-state index contributed by atoms with van der Waals surface area (Å²) in [7, 11) is 0. The van der Waals surface area contributed by atoms with Crippen LogP contribution < -0.4 is 5.32 Å². The van der Waals surface area contributed by atoms with Gasteiger partial charge in [0, 0.05) is 12.7 Å². The summed E-state index contributed by atoms with van der Waals surface area (Å²) >= 11 is 0. The first-order valence-electron chi connectivity index (χ1n) is 9.07. The van der Waals surface area contributed by atoms with Crippen molar-refractivity contribution in [1.29, 1.82) is 0 Å². The number of fused-ring (bicyclic) bond motifs is 1. The second kappa shape index (κ2) is 7.55. The Labute approximate surface area is 165 Å². The van der Waals surface area contributed by atoms with E-state index in [9.17, 15) is 14.9 Å². The number of hydrogen-bond acceptors (Lipinski definition) is 5. The fourth-order valence-corrected chi connectivity index (χ4v) is 3.29. The van der Waals surface area contributed by atoms with Gasteiger partial charge in [-0.2, -0.15) is 10.2 Å². The molecule has 1 amide bonds. The molecule has 0 atom stereocenters. The summed E-state index contributed by atoms with van der Waals surface area (Å²) in [6, 6.07) is 14.2. The molecule has 0 unspecified atom stereocenters. The molecule has 0 aliphatic rings. The number of hydrogen-bond donors (Lipinski definition) is 1. The van der Waals surface area contributed by atoms with Crippen molar-refractivity contribution in [1.82, 2.24) is 19.6 Å². The molecule has 0 bridgehead atoms. The first-order valence-corrected chi connectivity index (χ1v) is 9.07. The molecule has 0 fully saturated rings. The fraction of sp³-hybridized carbons (Fsp3) is 0.150. The molecule has 1 N–H and O–H groups in total. The van der Waals surface area contributed by atoms with Crippen molar-refractivity contribution in [2.24, 2.45) is 0 Å². The molecule has 0 aliphatic heterocycles. The molecule has 0 aliphatic carbocycles. The predicted molar refractivity (Wildman–Crippen MR) is 108 cm³/mol. The van der Waals surface area contributed by atoms with E-state index in [1.54, 1.807) is 17.8 Å². The van der Waals surface area contributed by atoms with Crippen LogP contribution in [0.2, 0.25) is 0 Å². The van der Waals surface area contributed by atoms with Gasteiger partial charge in [0.25, 0.3) is 5.91 Å². The maximum atomic E-state index is 12.6. The lowest BCUT2D eigenvalue weighted by molar-refractivity contribution is -0.385. The van der Waals surface area contributed by atoms with E-state index in [4.69, 9.17) is 0 Å². The van der Waals surface area contributed by atoms with E-state index in [2.05, 4.69) is 33.7 Å². The topological polar surface area (TPSA) is 108 Å². The number of carbonyl (C=O) groups excluding carboxylic acids is 1. The third-order valence-electron chi connectivity index (χ3n) is 4.63. The van der Waals surface area contributed by atoms with Crippen molar-refractivity contribution in [3.05, 3.63) is 82.4 Å². The van der Waals surface area contributed by atoms with Crippen molar-refractivity contribution in [2.45, 2.75) is 20.0 Å². The van der Waals surface area contributed by atoms with Crippen molar-refractivity contribution in [3.8, 4) is 0 Å². The van der Waals surface area contributed by atoms with Crippen molar-refractivity contribution < 1.29 is 9.72 Å². The Morgan fingerprint density at radius 2 is 1.93 bits per heavy atom. The maximum absolute atomic E-state index is 12.6. The third kappa shape index (κ3) is 3.57. The lowest BCUT2D eigenvalue weighted by Gasteiger charge is -2.07. The molecule has 0 radical (unpaired) electrons. The number of rotatable bonds is 6. The summed E-state index contributed by atoms with van der Waals surface area (Å²) in [6.45, 7) is 2.64. The standard InChI is InChI=1S/C20H18N6O3/c1-2-25-19(18(11-22-25)26(28)29)20(27)23-16-10-21-24(13-16)12-15-8-5-7-14-6-3-4-9-17(14)15/h3-11,13H,2,12H2,1H3,(H,23,27). The fourth-order valence-electron chi connectivity index (χ4n) is 3.29. The Hall–Kier alpha value is -4.01. The SMILES string of the molecule is CCn1ncc([N+](=O)[O-])c1C(=O)Nc1cnn(Cc2cccc3ccccc23)c1. The van der Waals surface area contributed by atoms with Gasteiger partial charge in [-0.3, -0.25) is 24.3 Å². The quantitative estimate of drug-likeness (QED) is 0.401. The third-order valence-corrected chi connectivity index (χ3v) is 4.63. The van der Waals surface area contributed by atoms with E-state index < -0.39 is 10.8 Å². The van der Waals surface area contributed by atoms with E-state index in [0.717, 1.165) is 22.5 Å². The Morgan fingerprint density at radius 3 is 2.72 bits per heavy atom. The van der Waals surface area contributed by atoms with Gasteiger partial charge in [0.15, 0.2) is 0 Å². The van der Waals surface area contributed by atoms with Crippen LogP contribution in [0.25, 0.3) is 10.8 Å². The van der Waals surface area contributed by atoms with Gasteiger partial charge in [0.1, 0.15) is 6.20 Å². The molecule has 4 aromatic rings. The number of nitrogens with one attached hydrogen (secondary N) is 1. The van der Waals surface area contributed by atoms with Crippen LogP contribution in [-0.4, -0.2) is 30.4 Å². The Morgan fingerprint density at radius 1 is 1.14 bits per heavy atom. The lowest BCUT2D eigenvalue weighted by Crippen LogP contribution is -2.18. The summed E-state index contributed by atoms with van der Waals surface area (Å²) in [5, 5.41) is 24.3. The van der Waals surface area contributed by atoms with E-state index >= 15 is 0 Å². The molecular formula is C20H18N6O3. The number of nitrogens with zero attached hydrogens (tertiary/aromatic N) is 5. The summed E-state index contributed by atoms with van der Waals surface area (Å²) in [6.07, 6.45) is 4.29. The zero-order valence-corrected chi connectivity index (χ0v) is 15.6. The summed E-state index contributed by atoms with van der Waals surface area (Å²) in [5.74, 6) is -0.597. The minimum atomic E-state index is -0.613. The van der Waals surface area contributed by atoms with Crippen LogP contribution >= 0.6 is 0 Å². The smallest absolute Gasteiger partial charge is 0.318 e. The van der Waals surface area contributed by atoms with Crippen molar-refractivity contribution >= 4 is 28.1 Å². The molecule has 2 aromatic carbocycles. The number of anilines is 1.